The van der Waals surface area contributed by atoms with Crippen molar-refractivity contribution in [1.82, 2.24) is 19.9 Å². The smallest absolute Gasteiger partial charge is 0.282 e. The average Bonchev–Trinajstić information content (AvgIpc) is 3.23. The van der Waals surface area contributed by atoms with E-state index < -0.39 is 17.6 Å². The van der Waals surface area contributed by atoms with Crippen LogP contribution in [0.2, 0.25) is 5.02 Å². The summed E-state index contributed by atoms with van der Waals surface area (Å²) in [5.41, 5.74) is 5.67. The van der Waals surface area contributed by atoms with Gasteiger partial charge in [0.15, 0.2) is 11.6 Å². The maximum absolute atomic E-state index is 14.3. The maximum atomic E-state index is 14.3. The van der Waals surface area contributed by atoms with Crippen LogP contribution < -0.4 is 20.2 Å². The topological polar surface area (TPSA) is 97.7 Å². The number of amides is 2. The van der Waals surface area contributed by atoms with Crippen LogP contribution in [0.5, 0.6) is 11.5 Å². The molecule has 0 radical (unpaired) electrons. The summed E-state index contributed by atoms with van der Waals surface area (Å²) in [6.07, 6.45) is 4.25. The first kappa shape index (κ1) is 25.5. The lowest BCUT2D eigenvalue weighted by Gasteiger charge is -2.40. The lowest BCUT2D eigenvalue weighted by molar-refractivity contribution is -0.137. The lowest BCUT2D eigenvalue weighted by Crippen LogP contribution is -2.54. The molecule has 12 heteroatoms. The second-order valence-electron chi connectivity index (χ2n) is 8.84. The zero-order valence-corrected chi connectivity index (χ0v) is 21.1. The molecule has 0 saturated carbocycles. The van der Waals surface area contributed by atoms with Crippen molar-refractivity contribution in [2.24, 2.45) is 0 Å². The number of hydrogen-bond donors (Lipinski definition) is 2. The van der Waals surface area contributed by atoms with E-state index in [9.17, 15) is 18.4 Å². The summed E-state index contributed by atoms with van der Waals surface area (Å²) in [6, 6.07) is 5.50. The van der Waals surface area contributed by atoms with Gasteiger partial charge in [0.25, 0.3) is 11.8 Å². The van der Waals surface area contributed by atoms with Gasteiger partial charge in [0.05, 0.1) is 41.3 Å². The number of benzene rings is 1. The van der Waals surface area contributed by atoms with Crippen molar-refractivity contribution in [2.75, 3.05) is 32.2 Å². The van der Waals surface area contributed by atoms with Crippen LogP contribution in [-0.4, -0.2) is 59.2 Å². The molecule has 4 heterocycles. The quantitative estimate of drug-likeness (QED) is 0.417. The molecule has 2 aliphatic heterocycles. The van der Waals surface area contributed by atoms with E-state index in [1.165, 1.54) is 24.3 Å². The first-order valence-electron chi connectivity index (χ1n) is 11.8. The third kappa shape index (κ3) is 4.65. The minimum absolute atomic E-state index is 0.0822. The molecule has 198 valence electrons. The fourth-order valence-electron chi connectivity index (χ4n) is 4.61. The van der Waals surface area contributed by atoms with Gasteiger partial charge in [-0.1, -0.05) is 18.2 Å². The largest absolute Gasteiger partial charge is 0.493 e. The Morgan fingerprint density at radius 2 is 2.16 bits per heavy atom. The van der Waals surface area contributed by atoms with Gasteiger partial charge in [-0.25, -0.2) is 8.78 Å². The summed E-state index contributed by atoms with van der Waals surface area (Å²) < 4.78 is 40.7. The Morgan fingerprint density at radius 3 is 2.87 bits per heavy atom. The highest BCUT2D eigenvalue weighted by Gasteiger charge is 2.34. The van der Waals surface area contributed by atoms with E-state index in [2.05, 4.69) is 22.3 Å². The molecule has 2 amide bonds. The van der Waals surface area contributed by atoms with Crippen LogP contribution in [0.1, 0.15) is 22.5 Å². The first-order valence-corrected chi connectivity index (χ1v) is 12.2. The monoisotopic (exact) mass is 543 g/mol. The van der Waals surface area contributed by atoms with E-state index in [-0.39, 0.29) is 35.0 Å². The zero-order chi connectivity index (χ0) is 27.0. The number of methoxy groups -OCH3 is 1. The van der Waals surface area contributed by atoms with Crippen LogP contribution >= 0.6 is 11.6 Å². The number of nitrogens with one attached hydrogen (secondary N) is 2. The van der Waals surface area contributed by atoms with Gasteiger partial charge in [-0.05, 0) is 24.6 Å². The number of aromatic nitrogens is 2. The van der Waals surface area contributed by atoms with E-state index in [4.69, 9.17) is 21.1 Å². The Balaban J connectivity index is 1.52. The Hall–Kier alpha value is -4.12. The van der Waals surface area contributed by atoms with Crippen LogP contribution in [0.15, 0.2) is 49.1 Å². The van der Waals surface area contributed by atoms with Crippen molar-refractivity contribution in [2.45, 2.75) is 18.9 Å². The summed E-state index contributed by atoms with van der Waals surface area (Å²) >= 11 is 6.20. The van der Waals surface area contributed by atoms with E-state index in [0.29, 0.717) is 54.2 Å². The molecule has 0 aliphatic carbocycles. The number of nitrogens with zero attached hydrogens (tertiary/aromatic N) is 3. The molecule has 1 atom stereocenters. The molecule has 2 aromatic heterocycles. The van der Waals surface area contributed by atoms with Gasteiger partial charge >= 0.3 is 0 Å². The number of halogens is 3. The van der Waals surface area contributed by atoms with Crippen LogP contribution in [0.4, 0.5) is 14.5 Å². The van der Waals surface area contributed by atoms with Crippen molar-refractivity contribution in [3.05, 3.63) is 71.2 Å². The lowest BCUT2D eigenvalue weighted by atomic mass is 10.0. The Bertz CT molecular complexity index is 1440. The second kappa shape index (κ2) is 10.3. The highest BCUT2D eigenvalue weighted by molar-refractivity contribution is 6.32. The number of carbonyl (C=O) groups excluding carboxylic acids is 2. The van der Waals surface area contributed by atoms with Crippen molar-refractivity contribution < 1.29 is 27.8 Å². The number of fused-ring (bicyclic) bond motifs is 1. The molecule has 0 bridgehead atoms. The highest BCUT2D eigenvalue weighted by Crippen LogP contribution is 2.38. The molecule has 0 unspecified atom stereocenters. The number of ether oxygens (including phenoxy) is 2. The standard InChI is InChI=1S/C26H24ClF2N5O4/c1-14(28)26(36)33-8-5-16(33)13-38-23-12-30-6-3-17(23)22-11-18-21(4-7-31-25(18)35)34(22)32-20-10-15(29)9-19(27)24(20)37-2/h3,6,9-12,16,32H,1,4-5,7-8,13H2,2H3,(H,31,35)/t16-/m1/s1. The normalized spacial score (nSPS) is 16.3. The minimum Gasteiger partial charge on any atom is -0.493 e. The summed E-state index contributed by atoms with van der Waals surface area (Å²) in [7, 11) is 1.42. The van der Waals surface area contributed by atoms with Crippen molar-refractivity contribution >= 4 is 29.1 Å². The van der Waals surface area contributed by atoms with Crippen LogP contribution in [0.25, 0.3) is 11.3 Å². The fourth-order valence-corrected chi connectivity index (χ4v) is 4.89. The molecule has 3 aromatic rings. The van der Waals surface area contributed by atoms with Crippen molar-refractivity contribution in [3.63, 3.8) is 0 Å². The summed E-state index contributed by atoms with van der Waals surface area (Å²) in [5, 5.41) is 2.91. The van der Waals surface area contributed by atoms with Gasteiger partial charge in [-0.15, -0.1) is 0 Å². The van der Waals surface area contributed by atoms with Gasteiger partial charge in [-0.2, -0.15) is 0 Å². The summed E-state index contributed by atoms with van der Waals surface area (Å²) in [5.74, 6) is -1.97. The molecule has 9 nitrogen and oxygen atoms in total. The first-order chi connectivity index (χ1) is 18.3. The molecule has 2 aliphatic rings. The van der Waals surface area contributed by atoms with E-state index in [0.717, 1.165) is 6.07 Å². The van der Waals surface area contributed by atoms with Crippen LogP contribution in [0, 0.1) is 5.82 Å². The maximum Gasteiger partial charge on any atom is 0.282 e. The zero-order valence-electron chi connectivity index (χ0n) is 20.4. The average molecular weight is 544 g/mol. The van der Waals surface area contributed by atoms with E-state index in [1.807, 2.05) is 0 Å². The molecule has 38 heavy (non-hydrogen) atoms. The van der Waals surface area contributed by atoms with Crippen LogP contribution in [-0.2, 0) is 11.2 Å². The number of carbonyl (C=O) groups is 2. The molecular weight excluding hydrogens is 520 g/mol. The predicted octanol–water partition coefficient (Wildman–Crippen LogP) is 3.98. The molecule has 1 saturated heterocycles. The third-order valence-corrected chi connectivity index (χ3v) is 6.85. The molecule has 2 N–H and O–H groups in total. The summed E-state index contributed by atoms with van der Waals surface area (Å²) in [6.45, 7) is 4.03. The van der Waals surface area contributed by atoms with Crippen molar-refractivity contribution in [3.8, 4) is 22.8 Å². The van der Waals surface area contributed by atoms with Gasteiger partial charge < -0.3 is 19.7 Å². The third-order valence-electron chi connectivity index (χ3n) is 6.57. The van der Waals surface area contributed by atoms with E-state index >= 15 is 0 Å². The predicted molar refractivity (Wildman–Crippen MR) is 137 cm³/mol. The number of anilines is 1. The molecular formula is C26H24ClF2N5O4. The fraction of sp³-hybridized carbons (Fsp3) is 0.269. The van der Waals surface area contributed by atoms with Crippen LogP contribution in [0.3, 0.4) is 0 Å². The highest BCUT2D eigenvalue weighted by atomic mass is 35.5. The SMILES string of the molecule is C=C(F)C(=O)N1CC[C@@H]1COc1cnccc1-c1cc2c(n1Nc1cc(F)cc(Cl)c1OC)CCNC2=O. The molecule has 1 aromatic carbocycles. The number of likely N-dealkylation sites (tertiary alicyclic amines) is 1. The van der Waals surface area contributed by atoms with Gasteiger partial charge in [0, 0.05) is 37.3 Å². The van der Waals surface area contributed by atoms with Crippen molar-refractivity contribution in [1.29, 1.82) is 0 Å². The Kier molecular flexibility index (Phi) is 6.94. The number of pyridine rings is 1. The summed E-state index contributed by atoms with van der Waals surface area (Å²) in [4.78, 5) is 30.2. The molecule has 1 fully saturated rings. The number of rotatable bonds is 8. The number of hydrogen-bond acceptors (Lipinski definition) is 6. The van der Waals surface area contributed by atoms with Gasteiger partial charge in [-0.3, -0.25) is 24.7 Å². The molecule has 0 spiro atoms. The Morgan fingerprint density at radius 1 is 1.34 bits per heavy atom. The van der Waals surface area contributed by atoms with Gasteiger partial charge in [0.1, 0.15) is 23.9 Å². The molecule has 5 rings (SSSR count). The van der Waals surface area contributed by atoms with E-state index in [1.54, 1.807) is 23.0 Å². The second-order valence-corrected chi connectivity index (χ2v) is 9.25. The van der Waals surface area contributed by atoms with Gasteiger partial charge in [0.2, 0.25) is 0 Å². The Labute approximate surface area is 222 Å². The minimum atomic E-state index is -1.02.